The van der Waals surface area contributed by atoms with Gasteiger partial charge >= 0.3 is 5.97 Å². The standard InChI is InChI=1S/C29H34ClN5O3/c1-17-20(5-3-7-22(17)31)21-6-4-8-23(26(21)30)33-28(36)27-32-24-16-35(14-13-25(24)34(27)2)15-18-9-11-19(12-10-18)29(37)38/h3-8,18-19H,9-16,31H2,1-2H3,(H,33,36)(H,37,38). The number of imidazole rings is 1. The van der Waals surface area contributed by atoms with Crippen LogP contribution in [0.4, 0.5) is 11.4 Å². The predicted octanol–water partition coefficient (Wildman–Crippen LogP) is 5.13. The van der Waals surface area contributed by atoms with Crippen molar-refractivity contribution in [2.75, 3.05) is 24.1 Å². The zero-order valence-electron chi connectivity index (χ0n) is 21.8. The molecule has 2 aromatic carbocycles. The molecule has 0 radical (unpaired) electrons. The second-order valence-corrected chi connectivity index (χ2v) is 10.9. The molecule has 200 valence electrons. The van der Waals surface area contributed by atoms with Crippen LogP contribution in [-0.4, -0.2) is 44.5 Å². The Morgan fingerprint density at radius 3 is 2.58 bits per heavy atom. The molecule has 1 fully saturated rings. The Hall–Kier alpha value is -3.36. The number of carboxylic acids is 1. The van der Waals surface area contributed by atoms with E-state index in [0.717, 1.165) is 73.3 Å². The number of nitrogens with one attached hydrogen (secondary N) is 1. The molecule has 1 aliphatic carbocycles. The third kappa shape index (κ3) is 5.15. The van der Waals surface area contributed by atoms with Gasteiger partial charge in [-0.1, -0.05) is 35.9 Å². The summed E-state index contributed by atoms with van der Waals surface area (Å²) in [7, 11) is 1.89. The maximum Gasteiger partial charge on any atom is 0.306 e. The number of anilines is 2. The van der Waals surface area contributed by atoms with Crippen LogP contribution in [0.1, 0.15) is 53.3 Å². The van der Waals surface area contributed by atoms with Crippen molar-refractivity contribution in [1.82, 2.24) is 14.5 Å². The normalized spacial score (nSPS) is 19.7. The van der Waals surface area contributed by atoms with Crippen LogP contribution in [0.5, 0.6) is 0 Å². The van der Waals surface area contributed by atoms with E-state index >= 15 is 0 Å². The summed E-state index contributed by atoms with van der Waals surface area (Å²) in [6, 6.07) is 11.3. The molecule has 2 aliphatic rings. The summed E-state index contributed by atoms with van der Waals surface area (Å²) in [6.07, 6.45) is 4.24. The molecular formula is C29H34ClN5O3. The molecule has 1 aliphatic heterocycles. The lowest BCUT2D eigenvalue weighted by Gasteiger charge is -2.33. The zero-order chi connectivity index (χ0) is 27.0. The maximum absolute atomic E-state index is 13.3. The van der Waals surface area contributed by atoms with Gasteiger partial charge in [-0.2, -0.15) is 0 Å². The molecule has 38 heavy (non-hydrogen) atoms. The molecule has 0 atom stereocenters. The van der Waals surface area contributed by atoms with E-state index < -0.39 is 5.97 Å². The molecule has 3 aromatic rings. The van der Waals surface area contributed by atoms with Crippen LogP contribution < -0.4 is 11.1 Å². The number of benzene rings is 2. The largest absolute Gasteiger partial charge is 0.481 e. The highest BCUT2D eigenvalue weighted by Crippen LogP contribution is 2.37. The number of fused-ring (bicyclic) bond motifs is 1. The number of carbonyl (C=O) groups is 2. The van der Waals surface area contributed by atoms with Gasteiger partial charge in [0.05, 0.1) is 22.3 Å². The average molecular weight is 536 g/mol. The van der Waals surface area contributed by atoms with Crippen molar-refractivity contribution in [1.29, 1.82) is 0 Å². The van der Waals surface area contributed by atoms with Gasteiger partial charge in [0.1, 0.15) is 0 Å². The second kappa shape index (κ2) is 10.8. The lowest BCUT2D eigenvalue weighted by Crippen LogP contribution is -2.36. The molecule has 0 saturated heterocycles. The minimum Gasteiger partial charge on any atom is -0.481 e. The lowest BCUT2D eigenvalue weighted by atomic mass is 9.81. The molecule has 0 bridgehead atoms. The number of carboxylic acid groups (broad SMARTS) is 1. The predicted molar refractivity (Wildman–Crippen MR) is 149 cm³/mol. The van der Waals surface area contributed by atoms with Gasteiger partial charge in [0.25, 0.3) is 5.91 Å². The summed E-state index contributed by atoms with van der Waals surface area (Å²) < 4.78 is 1.89. The van der Waals surface area contributed by atoms with Crippen molar-refractivity contribution in [2.45, 2.75) is 45.6 Å². The molecule has 1 saturated carbocycles. The first-order valence-corrected chi connectivity index (χ1v) is 13.6. The fraction of sp³-hybridized carbons (Fsp3) is 0.414. The quantitative estimate of drug-likeness (QED) is 0.377. The summed E-state index contributed by atoms with van der Waals surface area (Å²) in [4.78, 5) is 31.7. The van der Waals surface area contributed by atoms with Crippen molar-refractivity contribution < 1.29 is 14.7 Å². The van der Waals surface area contributed by atoms with E-state index in [1.807, 2.05) is 48.9 Å². The first-order chi connectivity index (χ1) is 18.2. The van der Waals surface area contributed by atoms with E-state index in [-0.39, 0.29) is 11.8 Å². The van der Waals surface area contributed by atoms with Crippen molar-refractivity contribution in [3.05, 3.63) is 64.2 Å². The third-order valence-electron chi connectivity index (χ3n) is 8.16. The minimum absolute atomic E-state index is 0.194. The first-order valence-electron chi connectivity index (χ1n) is 13.2. The van der Waals surface area contributed by atoms with Gasteiger partial charge < -0.3 is 20.7 Å². The number of amides is 1. The molecule has 0 spiro atoms. The molecular weight excluding hydrogens is 502 g/mol. The number of aliphatic carboxylic acids is 1. The van der Waals surface area contributed by atoms with Crippen molar-refractivity contribution in [3.63, 3.8) is 0 Å². The number of carbonyl (C=O) groups excluding carboxylic acids is 1. The fourth-order valence-corrected chi connectivity index (χ4v) is 6.13. The fourth-order valence-electron chi connectivity index (χ4n) is 5.86. The summed E-state index contributed by atoms with van der Waals surface area (Å²) in [6.45, 7) is 4.49. The van der Waals surface area contributed by atoms with Crippen LogP contribution in [0.15, 0.2) is 36.4 Å². The number of rotatable bonds is 6. The van der Waals surface area contributed by atoms with Gasteiger partial charge in [0.2, 0.25) is 0 Å². The van der Waals surface area contributed by atoms with E-state index in [2.05, 4.69) is 10.2 Å². The van der Waals surface area contributed by atoms with E-state index in [1.165, 1.54) is 0 Å². The van der Waals surface area contributed by atoms with Gasteiger partial charge in [0, 0.05) is 50.0 Å². The number of aromatic nitrogens is 2. The molecule has 1 aromatic heterocycles. The Labute approximate surface area is 227 Å². The average Bonchev–Trinajstić information content (AvgIpc) is 3.23. The van der Waals surface area contributed by atoms with E-state index in [9.17, 15) is 14.7 Å². The number of nitrogen functional groups attached to an aromatic ring is 1. The smallest absolute Gasteiger partial charge is 0.306 e. The summed E-state index contributed by atoms with van der Waals surface area (Å²) in [5, 5.41) is 12.7. The van der Waals surface area contributed by atoms with Crippen molar-refractivity contribution >= 4 is 34.9 Å². The summed E-state index contributed by atoms with van der Waals surface area (Å²) >= 11 is 6.76. The summed E-state index contributed by atoms with van der Waals surface area (Å²) in [5.74, 6) is -0.292. The van der Waals surface area contributed by atoms with Gasteiger partial charge in [-0.3, -0.25) is 14.5 Å². The van der Waals surface area contributed by atoms with Crippen LogP contribution in [0.3, 0.4) is 0 Å². The third-order valence-corrected chi connectivity index (χ3v) is 8.57. The SMILES string of the molecule is Cc1c(N)cccc1-c1cccc(NC(=O)c2nc3c(n2C)CCN(CC2CCC(C(=O)O)CC2)C3)c1Cl. The zero-order valence-corrected chi connectivity index (χ0v) is 22.6. The van der Waals surface area contributed by atoms with E-state index in [4.69, 9.17) is 22.3 Å². The minimum atomic E-state index is -0.668. The molecule has 2 heterocycles. The van der Waals surface area contributed by atoms with E-state index in [1.54, 1.807) is 6.07 Å². The summed E-state index contributed by atoms with van der Waals surface area (Å²) in [5.41, 5.74) is 12.0. The Morgan fingerprint density at radius 2 is 1.84 bits per heavy atom. The van der Waals surface area contributed by atoms with Crippen molar-refractivity contribution in [3.8, 4) is 11.1 Å². The Balaban J connectivity index is 1.28. The van der Waals surface area contributed by atoms with Gasteiger partial charge in [-0.25, -0.2) is 4.98 Å². The van der Waals surface area contributed by atoms with Crippen LogP contribution in [0.2, 0.25) is 5.02 Å². The first kappa shape index (κ1) is 26.3. The monoisotopic (exact) mass is 535 g/mol. The topological polar surface area (TPSA) is 113 Å². The molecule has 9 heteroatoms. The number of hydrogen-bond acceptors (Lipinski definition) is 5. The molecule has 8 nitrogen and oxygen atoms in total. The van der Waals surface area contributed by atoms with Crippen LogP contribution >= 0.6 is 11.6 Å². The Kier molecular flexibility index (Phi) is 7.45. The molecule has 5 rings (SSSR count). The van der Waals surface area contributed by atoms with Crippen LogP contribution in [0, 0.1) is 18.8 Å². The van der Waals surface area contributed by atoms with Gasteiger partial charge in [-0.05, 0) is 61.8 Å². The number of nitrogens with two attached hydrogens (primary N) is 1. The lowest BCUT2D eigenvalue weighted by molar-refractivity contribution is -0.143. The molecule has 4 N–H and O–H groups in total. The van der Waals surface area contributed by atoms with Gasteiger partial charge in [-0.15, -0.1) is 0 Å². The van der Waals surface area contributed by atoms with E-state index in [0.29, 0.717) is 34.7 Å². The number of hydrogen-bond donors (Lipinski definition) is 3. The molecule has 1 amide bonds. The van der Waals surface area contributed by atoms with Crippen LogP contribution in [-0.2, 0) is 24.8 Å². The second-order valence-electron chi connectivity index (χ2n) is 10.6. The van der Waals surface area contributed by atoms with Crippen LogP contribution in [0.25, 0.3) is 11.1 Å². The van der Waals surface area contributed by atoms with Crippen molar-refractivity contribution in [2.24, 2.45) is 18.9 Å². The Bertz CT molecular complexity index is 1380. The van der Waals surface area contributed by atoms with Gasteiger partial charge in [0.15, 0.2) is 5.82 Å². The number of nitrogens with zero attached hydrogens (tertiary/aromatic N) is 3. The highest BCUT2D eigenvalue weighted by molar-refractivity contribution is 6.36. The highest BCUT2D eigenvalue weighted by Gasteiger charge is 2.30. The Morgan fingerprint density at radius 1 is 1.13 bits per heavy atom. The maximum atomic E-state index is 13.3. The molecule has 0 unspecified atom stereocenters. The number of halogens is 1. The highest BCUT2D eigenvalue weighted by atomic mass is 35.5.